The van der Waals surface area contributed by atoms with Gasteiger partial charge < -0.3 is 15.7 Å². The van der Waals surface area contributed by atoms with Gasteiger partial charge in [-0.05, 0) is 30.7 Å². The normalized spacial score (nSPS) is 11.0. The molecule has 2 aromatic carbocycles. The third kappa shape index (κ3) is 6.58. The average molecular weight is 461 g/mol. The Morgan fingerprint density at radius 2 is 1.76 bits per heavy atom. The molecule has 7 heteroatoms. The summed E-state index contributed by atoms with van der Waals surface area (Å²) in [6.45, 7) is 2.87. The van der Waals surface area contributed by atoms with Crippen LogP contribution in [0.25, 0.3) is 0 Å². The molecule has 2 rings (SSSR count). The SMILES string of the molecule is CCNC(=NCc1ccc(F)c(CO)c1)NCc1ccccc1F.I. The Morgan fingerprint density at radius 1 is 1.04 bits per heavy atom. The Hall–Kier alpha value is -1.74. The maximum atomic E-state index is 13.6. The minimum Gasteiger partial charge on any atom is -0.392 e. The molecule has 0 bridgehead atoms. The first-order valence-corrected chi connectivity index (χ1v) is 7.77. The van der Waals surface area contributed by atoms with Gasteiger partial charge in [-0.15, -0.1) is 24.0 Å². The van der Waals surface area contributed by atoms with E-state index < -0.39 is 5.82 Å². The van der Waals surface area contributed by atoms with Crippen LogP contribution in [0.5, 0.6) is 0 Å². The smallest absolute Gasteiger partial charge is 0.191 e. The summed E-state index contributed by atoms with van der Waals surface area (Å²) in [4.78, 5) is 4.40. The molecule has 0 unspecified atom stereocenters. The van der Waals surface area contributed by atoms with Gasteiger partial charge in [0.2, 0.25) is 0 Å². The molecule has 0 aliphatic heterocycles. The van der Waals surface area contributed by atoms with Gasteiger partial charge >= 0.3 is 0 Å². The molecule has 0 saturated carbocycles. The van der Waals surface area contributed by atoms with Gasteiger partial charge in [0.15, 0.2) is 5.96 Å². The minimum atomic E-state index is -0.435. The van der Waals surface area contributed by atoms with Crippen LogP contribution in [-0.2, 0) is 19.7 Å². The molecule has 0 spiro atoms. The Bertz CT molecular complexity index is 710. The highest BCUT2D eigenvalue weighted by Crippen LogP contribution is 2.11. The zero-order valence-electron chi connectivity index (χ0n) is 13.9. The van der Waals surface area contributed by atoms with Crippen molar-refractivity contribution in [3.8, 4) is 0 Å². The van der Waals surface area contributed by atoms with Crippen LogP contribution >= 0.6 is 24.0 Å². The van der Waals surface area contributed by atoms with Gasteiger partial charge in [-0.1, -0.05) is 24.3 Å². The summed E-state index contributed by atoms with van der Waals surface area (Å²) < 4.78 is 27.0. The van der Waals surface area contributed by atoms with E-state index in [9.17, 15) is 8.78 Å². The molecule has 3 N–H and O–H groups in total. The van der Waals surface area contributed by atoms with Crippen molar-refractivity contribution in [2.75, 3.05) is 6.54 Å². The molecule has 4 nitrogen and oxygen atoms in total. The maximum absolute atomic E-state index is 13.6. The Morgan fingerprint density at radius 3 is 2.44 bits per heavy atom. The first-order valence-electron chi connectivity index (χ1n) is 7.77. The zero-order valence-corrected chi connectivity index (χ0v) is 16.3. The van der Waals surface area contributed by atoms with Gasteiger partial charge in [0.1, 0.15) is 11.6 Å². The molecule has 0 fully saturated rings. The second-order valence-electron chi connectivity index (χ2n) is 5.22. The zero-order chi connectivity index (χ0) is 17.4. The van der Waals surface area contributed by atoms with Crippen LogP contribution in [-0.4, -0.2) is 17.6 Å². The van der Waals surface area contributed by atoms with Crippen LogP contribution in [0.1, 0.15) is 23.6 Å². The number of nitrogens with zero attached hydrogens (tertiary/aromatic N) is 1. The first-order chi connectivity index (χ1) is 11.6. The summed E-state index contributed by atoms with van der Waals surface area (Å²) in [6, 6.07) is 11.1. The highest BCUT2D eigenvalue weighted by atomic mass is 127. The topological polar surface area (TPSA) is 56.7 Å². The van der Waals surface area contributed by atoms with Crippen molar-refractivity contribution < 1.29 is 13.9 Å². The maximum Gasteiger partial charge on any atom is 0.191 e. The van der Waals surface area contributed by atoms with Gasteiger partial charge in [0, 0.05) is 24.2 Å². The third-order valence-corrected chi connectivity index (χ3v) is 3.45. The lowest BCUT2D eigenvalue weighted by Crippen LogP contribution is -2.37. The summed E-state index contributed by atoms with van der Waals surface area (Å²) in [7, 11) is 0. The number of hydrogen-bond donors (Lipinski definition) is 3. The number of rotatable bonds is 6. The predicted molar refractivity (Wildman–Crippen MR) is 106 cm³/mol. The number of guanidine groups is 1. The van der Waals surface area contributed by atoms with E-state index in [1.165, 1.54) is 12.1 Å². The van der Waals surface area contributed by atoms with Gasteiger partial charge in [-0.2, -0.15) is 0 Å². The highest BCUT2D eigenvalue weighted by molar-refractivity contribution is 14.0. The molecule has 0 aliphatic rings. The first kappa shape index (κ1) is 21.3. The van der Waals surface area contributed by atoms with E-state index in [1.54, 1.807) is 30.3 Å². The van der Waals surface area contributed by atoms with E-state index in [1.807, 2.05) is 6.92 Å². The monoisotopic (exact) mass is 461 g/mol. The Labute approximate surface area is 163 Å². The standard InChI is InChI=1S/C18H21F2N3O.HI/c1-2-21-18(23-11-14-5-3-4-6-16(14)19)22-10-13-7-8-17(20)15(9-13)12-24;/h3-9,24H,2,10-12H2,1H3,(H2,21,22,23);1H. The number of benzene rings is 2. The lowest BCUT2D eigenvalue weighted by Gasteiger charge is -2.12. The molecular formula is C18H22F2IN3O. The quantitative estimate of drug-likeness (QED) is 0.352. The van der Waals surface area contributed by atoms with Crippen LogP contribution in [0.15, 0.2) is 47.5 Å². The van der Waals surface area contributed by atoms with Crippen molar-refractivity contribution in [3.63, 3.8) is 0 Å². The molecule has 0 atom stereocenters. The van der Waals surface area contributed by atoms with Crippen molar-refractivity contribution in [2.24, 2.45) is 4.99 Å². The van der Waals surface area contributed by atoms with Gasteiger partial charge in [0.25, 0.3) is 0 Å². The van der Waals surface area contributed by atoms with Crippen LogP contribution in [0.2, 0.25) is 0 Å². The Kier molecular flexibility index (Phi) is 9.36. The number of halogens is 3. The lowest BCUT2D eigenvalue weighted by atomic mass is 10.1. The van der Waals surface area contributed by atoms with Crippen LogP contribution in [0.4, 0.5) is 8.78 Å². The predicted octanol–water partition coefficient (Wildman–Crippen LogP) is 3.33. The molecular weight excluding hydrogens is 439 g/mol. The van der Waals surface area contributed by atoms with Gasteiger partial charge in [-0.3, -0.25) is 0 Å². The van der Waals surface area contributed by atoms with Crippen LogP contribution in [0.3, 0.4) is 0 Å². The number of aliphatic hydroxyl groups is 1. The number of nitrogens with one attached hydrogen (secondary N) is 2. The van der Waals surface area contributed by atoms with Crippen molar-refractivity contribution in [3.05, 3.63) is 70.8 Å². The minimum absolute atomic E-state index is 0. The second-order valence-corrected chi connectivity index (χ2v) is 5.22. The molecule has 25 heavy (non-hydrogen) atoms. The number of hydrogen-bond acceptors (Lipinski definition) is 2. The summed E-state index contributed by atoms with van der Waals surface area (Å²) in [5.74, 6) is -0.169. The molecule has 0 heterocycles. The fourth-order valence-electron chi connectivity index (χ4n) is 2.18. The third-order valence-electron chi connectivity index (χ3n) is 3.45. The van der Waals surface area contributed by atoms with E-state index in [0.717, 1.165) is 5.56 Å². The summed E-state index contributed by atoms with van der Waals surface area (Å²) in [5, 5.41) is 15.2. The molecule has 0 saturated heterocycles. The molecule has 2 aromatic rings. The van der Waals surface area contributed by atoms with E-state index >= 15 is 0 Å². The van der Waals surface area contributed by atoms with E-state index in [-0.39, 0.29) is 42.0 Å². The van der Waals surface area contributed by atoms with Crippen molar-refractivity contribution >= 4 is 29.9 Å². The fraction of sp³-hybridized carbons (Fsp3) is 0.278. The molecule has 0 aromatic heterocycles. The van der Waals surface area contributed by atoms with Crippen LogP contribution < -0.4 is 10.6 Å². The largest absolute Gasteiger partial charge is 0.392 e. The molecule has 0 aliphatic carbocycles. The number of aliphatic hydroxyl groups excluding tert-OH is 1. The fourth-order valence-corrected chi connectivity index (χ4v) is 2.18. The van der Waals surface area contributed by atoms with Crippen molar-refractivity contribution in [1.29, 1.82) is 0 Å². The number of aliphatic imine (C=N–C) groups is 1. The highest BCUT2D eigenvalue weighted by Gasteiger charge is 2.04. The summed E-state index contributed by atoms with van der Waals surface area (Å²) in [6.07, 6.45) is 0. The average Bonchev–Trinajstić information content (AvgIpc) is 2.59. The van der Waals surface area contributed by atoms with E-state index in [2.05, 4.69) is 15.6 Å². The molecule has 0 amide bonds. The lowest BCUT2D eigenvalue weighted by molar-refractivity contribution is 0.275. The second kappa shape index (κ2) is 11.0. The van der Waals surface area contributed by atoms with Crippen molar-refractivity contribution in [1.82, 2.24) is 10.6 Å². The van der Waals surface area contributed by atoms with E-state index in [0.29, 0.717) is 31.2 Å². The van der Waals surface area contributed by atoms with Crippen molar-refractivity contribution in [2.45, 2.75) is 26.6 Å². The molecule has 0 radical (unpaired) electrons. The molecule has 136 valence electrons. The summed E-state index contributed by atoms with van der Waals surface area (Å²) >= 11 is 0. The van der Waals surface area contributed by atoms with E-state index in [4.69, 9.17) is 5.11 Å². The van der Waals surface area contributed by atoms with Gasteiger partial charge in [0.05, 0.1) is 13.2 Å². The Balaban J connectivity index is 0.00000312. The van der Waals surface area contributed by atoms with Gasteiger partial charge in [-0.25, -0.2) is 13.8 Å². The van der Waals surface area contributed by atoms with Crippen LogP contribution in [0, 0.1) is 11.6 Å². The summed E-state index contributed by atoms with van der Waals surface area (Å²) in [5.41, 5.74) is 1.57.